The Hall–Kier alpha value is -0.0151. The predicted octanol–water partition coefficient (Wildman–Crippen LogP) is 2.01. The fraction of sp³-hybridized carbons (Fsp3) is 1.00. The first-order valence-corrected chi connectivity index (χ1v) is 4.25. The molecule has 0 aliphatic carbocycles. The van der Waals surface area contributed by atoms with Crippen LogP contribution in [0.5, 0.6) is 0 Å². The first kappa shape index (κ1) is 11.0. The molecule has 0 aliphatic rings. The average Bonchev–Trinajstić information content (AvgIpc) is 1.97. The Balaban J connectivity index is 3.01. The summed E-state index contributed by atoms with van der Waals surface area (Å²) >= 11 is 0. The molecule has 0 rings (SSSR count). The maximum atomic E-state index is 5.19. The van der Waals surface area contributed by atoms with Crippen molar-refractivity contribution in [2.75, 3.05) is 6.61 Å². The Labute approximate surface area is 70.6 Å². The molecule has 2 nitrogen and oxygen atoms in total. The summed E-state index contributed by atoms with van der Waals surface area (Å²) in [5, 5.41) is 0. The quantitative estimate of drug-likeness (QED) is 0.433. The molecule has 0 spiro atoms. The highest BCUT2D eigenvalue weighted by Crippen LogP contribution is 1.96. The van der Waals surface area contributed by atoms with Crippen molar-refractivity contribution in [3.05, 3.63) is 0 Å². The molecule has 0 aromatic carbocycles. The van der Waals surface area contributed by atoms with Crippen LogP contribution in [0.2, 0.25) is 0 Å². The average molecular weight is 157 g/mol. The van der Waals surface area contributed by atoms with Crippen LogP contribution in [-0.2, 0) is 9.31 Å². The molecule has 65 valence electrons. The molecule has 0 amide bonds. The van der Waals surface area contributed by atoms with Gasteiger partial charge in [0.15, 0.2) is 0 Å². The third-order valence-electron chi connectivity index (χ3n) is 1.36. The summed E-state index contributed by atoms with van der Waals surface area (Å²) in [6.07, 6.45) is 1.28. The molecule has 1 radical (unpaired) electrons. The van der Waals surface area contributed by atoms with E-state index in [0.717, 1.165) is 13.0 Å². The third-order valence-corrected chi connectivity index (χ3v) is 1.36. The van der Waals surface area contributed by atoms with Crippen molar-refractivity contribution in [1.82, 2.24) is 0 Å². The summed E-state index contributed by atoms with van der Waals surface area (Å²) in [6, 6.07) is 0. The molecule has 0 bridgehead atoms. The van der Waals surface area contributed by atoms with Gasteiger partial charge in [-0.2, -0.15) is 0 Å². The van der Waals surface area contributed by atoms with Crippen molar-refractivity contribution in [2.24, 2.45) is 5.92 Å². The van der Waals surface area contributed by atoms with Gasteiger partial charge in [-0.15, -0.1) is 0 Å². The molecule has 0 aromatic rings. The van der Waals surface area contributed by atoms with Crippen molar-refractivity contribution in [3.63, 3.8) is 0 Å². The normalized spacial score (nSPS) is 13.5. The van der Waals surface area contributed by atoms with E-state index in [-0.39, 0.29) is 6.10 Å². The van der Waals surface area contributed by atoms with Gasteiger partial charge in [-0.1, -0.05) is 20.8 Å². The minimum Gasteiger partial charge on any atom is -0.413 e. The third kappa shape index (κ3) is 7.89. The second-order valence-corrected chi connectivity index (χ2v) is 3.18. The summed E-state index contributed by atoms with van der Waals surface area (Å²) in [5.41, 5.74) is 0. The van der Waals surface area contributed by atoms with Crippen molar-refractivity contribution in [3.8, 4) is 0 Å². The standard InChI is InChI=1S/C8H18BO2/c1-5-8(4)11-9-10-6-7(2)3/h7-8H,5-6H2,1-4H3. The molecule has 1 unspecified atom stereocenters. The molecule has 1 atom stereocenters. The van der Waals surface area contributed by atoms with E-state index in [1.165, 1.54) is 7.69 Å². The Morgan fingerprint density at radius 1 is 1.27 bits per heavy atom. The van der Waals surface area contributed by atoms with Crippen molar-refractivity contribution in [2.45, 2.75) is 40.2 Å². The van der Waals surface area contributed by atoms with Crippen LogP contribution in [-0.4, -0.2) is 20.4 Å². The number of hydrogen-bond acceptors (Lipinski definition) is 2. The molecule has 0 saturated carbocycles. The van der Waals surface area contributed by atoms with E-state index in [1.54, 1.807) is 0 Å². The van der Waals surface area contributed by atoms with E-state index in [1.807, 2.05) is 6.92 Å². The van der Waals surface area contributed by atoms with Gasteiger partial charge in [-0.05, 0) is 19.3 Å². The summed E-state index contributed by atoms with van der Waals surface area (Å²) in [4.78, 5) is 0. The number of rotatable bonds is 6. The van der Waals surface area contributed by atoms with Crippen LogP contribution in [0.1, 0.15) is 34.1 Å². The van der Waals surface area contributed by atoms with E-state index in [4.69, 9.17) is 9.31 Å². The van der Waals surface area contributed by atoms with Crippen LogP contribution in [0, 0.1) is 5.92 Å². The maximum Gasteiger partial charge on any atom is 0.488 e. The molecule has 11 heavy (non-hydrogen) atoms. The zero-order valence-corrected chi connectivity index (χ0v) is 7.96. The SMILES string of the molecule is CCC(C)O[B]OCC(C)C. The van der Waals surface area contributed by atoms with Gasteiger partial charge in [0, 0.05) is 12.7 Å². The van der Waals surface area contributed by atoms with Crippen LogP contribution in [0.15, 0.2) is 0 Å². The lowest BCUT2D eigenvalue weighted by Crippen LogP contribution is -2.15. The zero-order chi connectivity index (χ0) is 8.69. The van der Waals surface area contributed by atoms with Gasteiger partial charge in [-0.3, -0.25) is 0 Å². The summed E-state index contributed by atoms with van der Waals surface area (Å²) in [5.74, 6) is 0.562. The fourth-order valence-electron chi connectivity index (χ4n) is 0.462. The number of hydrogen-bond donors (Lipinski definition) is 0. The Morgan fingerprint density at radius 2 is 1.91 bits per heavy atom. The van der Waals surface area contributed by atoms with Crippen LogP contribution < -0.4 is 0 Å². The van der Waals surface area contributed by atoms with Crippen molar-refractivity contribution >= 4 is 7.69 Å². The van der Waals surface area contributed by atoms with Gasteiger partial charge in [0.05, 0.1) is 0 Å². The predicted molar refractivity (Wildman–Crippen MR) is 47.4 cm³/mol. The van der Waals surface area contributed by atoms with E-state index < -0.39 is 0 Å². The molecule has 0 aromatic heterocycles. The van der Waals surface area contributed by atoms with Gasteiger partial charge >= 0.3 is 7.69 Å². The molecular weight excluding hydrogens is 139 g/mol. The van der Waals surface area contributed by atoms with Gasteiger partial charge in [0.1, 0.15) is 0 Å². The molecular formula is C8H18BO2. The first-order chi connectivity index (χ1) is 5.16. The molecule has 0 N–H and O–H groups in total. The molecule has 0 heterocycles. The highest BCUT2D eigenvalue weighted by Gasteiger charge is 2.01. The van der Waals surface area contributed by atoms with Gasteiger partial charge in [-0.25, -0.2) is 0 Å². The topological polar surface area (TPSA) is 18.5 Å². The van der Waals surface area contributed by atoms with Gasteiger partial charge in [0.2, 0.25) is 0 Å². The summed E-state index contributed by atoms with van der Waals surface area (Å²) in [6.45, 7) is 9.06. The first-order valence-electron chi connectivity index (χ1n) is 4.25. The second-order valence-electron chi connectivity index (χ2n) is 3.18. The zero-order valence-electron chi connectivity index (χ0n) is 7.96. The fourth-order valence-corrected chi connectivity index (χ4v) is 0.462. The molecule has 0 aliphatic heterocycles. The summed E-state index contributed by atoms with van der Waals surface area (Å²) < 4.78 is 10.3. The molecule has 0 fully saturated rings. The second kappa shape index (κ2) is 6.68. The van der Waals surface area contributed by atoms with E-state index in [9.17, 15) is 0 Å². The van der Waals surface area contributed by atoms with E-state index in [0.29, 0.717) is 5.92 Å². The lowest BCUT2D eigenvalue weighted by atomic mass is 10.2. The van der Waals surface area contributed by atoms with Gasteiger partial charge in [0.25, 0.3) is 0 Å². The Kier molecular flexibility index (Phi) is 6.67. The minimum absolute atomic E-state index is 0.266. The van der Waals surface area contributed by atoms with Crippen LogP contribution in [0.25, 0.3) is 0 Å². The largest absolute Gasteiger partial charge is 0.488 e. The van der Waals surface area contributed by atoms with Crippen LogP contribution >= 0.6 is 0 Å². The van der Waals surface area contributed by atoms with E-state index >= 15 is 0 Å². The van der Waals surface area contributed by atoms with Crippen LogP contribution in [0.3, 0.4) is 0 Å². The maximum absolute atomic E-state index is 5.19. The highest BCUT2D eigenvalue weighted by molar-refractivity contribution is 6.18. The summed E-state index contributed by atoms with van der Waals surface area (Å²) in [7, 11) is 1.45. The van der Waals surface area contributed by atoms with Crippen molar-refractivity contribution < 1.29 is 9.31 Å². The Morgan fingerprint density at radius 3 is 2.36 bits per heavy atom. The molecule has 3 heteroatoms. The smallest absolute Gasteiger partial charge is 0.413 e. The minimum atomic E-state index is 0.266. The molecule has 0 saturated heterocycles. The van der Waals surface area contributed by atoms with Gasteiger partial charge < -0.3 is 9.31 Å². The lowest BCUT2D eigenvalue weighted by Gasteiger charge is -2.10. The monoisotopic (exact) mass is 157 g/mol. The van der Waals surface area contributed by atoms with E-state index in [2.05, 4.69) is 20.8 Å². The Bertz CT molecular complexity index is 86.2. The van der Waals surface area contributed by atoms with Crippen molar-refractivity contribution in [1.29, 1.82) is 0 Å². The lowest BCUT2D eigenvalue weighted by molar-refractivity contribution is 0.154. The highest BCUT2D eigenvalue weighted by atomic mass is 16.6. The van der Waals surface area contributed by atoms with Crippen LogP contribution in [0.4, 0.5) is 0 Å².